The minimum absolute atomic E-state index is 0.731. The lowest BCUT2D eigenvalue weighted by molar-refractivity contribution is -2.00. The minimum Gasteiger partial charge on any atom is -0.222 e. The Morgan fingerprint density at radius 2 is 1.36 bits per heavy atom. The van der Waals surface area contributed by atoms with Gasteiger partial charge in [0, 0.05) is 17.2 Å². The molecule has 0 fully saturated rings. The molecule has 0 amide bonds. The van der Waals surface area contributed by atoms with Crippen molar-refractivity contribution >= 4 is 22.6 Å². The van der Waals surface area contributed by atoms with Gasteiger partial charge in [-0.3, -0.25) is 0 Å². The quantitative estimate of drug-likeness (QED) is 0.591. The third-order valence-electron chi connectivity index (χ3n) is 2.68. The molecule has 0 saturated carbocycles. The lowest BCUT2D eigenvalue weighted by atomic mass is 10.1. The number of hydrogen-bond acceptors (Lipinski definition) is 4. The highest BCUT2D eigenvalue weighted by atomic mass is 35.7. The summed E-state index contributed by atoms with van der Waals surface area (Å²) in [5.41, 5.74) is 1.92. The summed E-state index contributed by atoms with van der Waals surface area (Å²) in [6, 6.07) is 19.6. The number of fused-ring (bicyclic) bond motifs is 1. The maximum absolute atomic E-state index is 8.49. The largest absolute Gasteiger partial charge is 0.360 e. The van der Waals surface area contributed by atoms with Gasteiger partial charge in [0.1, 0.15) is 0 Å². The van der Waals surface area contributed by atoms with Crippen molar-refractivity contribution in [3.63, 3.8) is 0 Å². The van der Waals surface area contributed by atoms with Crippen LogP contribution in [0, 0.1) is 10.2 Å². The molecule has 0 aliphatic heterocycles. The van der Waals surface area contributed by atoms with Gasteiger partial charge in [-0.1, -0.05) is 23.7 Å². The average Bonchev–Trinajstić information content (AvgIpc) is 2.46. The first kappa shape index (κ1) is 16.6. The molecule has 3 aromatic rings. The summed E-state index contributed by atoms with van der Waals surface area (Å²) in [6.07, 6.45) is 0. The minimum atomic E-state index is -4.94. The normalized spacial score (nSPS) is 11.0. The maximum atomic E-state index is 8.49. The SMILES string of the molecule is Clc1ccc(-c2ccc3ccccc3[o+]2)cc1.[O-][Cl+3]([O-])([O-])[O-]. The van der Waals surface area contributed by atoms with Crippen LogP contribution in [0.4, 0.5) is 0 Å². The number of rotatable bonds is 1. The molecule has 0 bridgehead atoms. The van der Waals surface area contributed by atoms with E-state index in [1.807, 2.05) is 54.6 Å². The van der Waals surface area contributed by atoms with Crippen molar-refractivity contribution in [2.24, 2.45) is 0 Å². The Bertz CT molecular complexity index is 748. The van der Waals surface area contributed by atoms with Crippen LogP contribution in [-0.4, -0.2) is 0 Å². The van der Waals surface area contributed by atoms with Gasteiger partial charge in [0.15, 0.2) is 0 Å². The van der Waals surface area contributed by atoms with Crippen LogP contribution < -0.4 is 18.6 Å². The molecule has 0 radical (unpaired) electrons. The maximum Gasteiger partial charge on any atom is 0.360 e. The van der Waals surface area contributed by atoms with Gasteiger partial charge < -0.3 is 0 Å². The van der Waals surface area contributed by atoms with Gasteiger partial charge in [-0.25, -0.2) is 23.1 Å². The van der Waals surface area contributed by atoms with Gasteiger partial charge in [0.25, 0.3) is 0 Å². The second-order valence-corrected chi connectivity index (χ2v) is 5.41. The van der Waals surface area contributed by atoms with E-state index in [1.54, 1.807) is 0 Å². The van der Waals surface area contributed by atoms with E-state index in [2.05, 4.69) is 6.07 Å². The van der Waals surface area contributed by atoms with Crippen LogP contribution in [0.25, 0.3) is 22.3 Å². The molecule has 0 spiro atoms. The summed E-state index contributed by atoms with van der Waals surface area (Å²) in [7, 11) is -4.94. The molecule has 0 unspecified atom stereocenters. The Balaban J connectivity index is 0.000000309. The molecule has 3 rings (SSSR count). The van der Waals surface area contributed by atoms with Crippen molar-refractivity contribution in [1.82, 2.24) is 0 Å². The Labute approximate surface area is 133 Å². The molecule has 5 nitrogen and oxygen atoms in total. The van der Waals surface area contributed by atoms with E-state index in [-0.39, 0.29) is 0 Å². The zero-order chi connectivity index (χ0) is 16.2. The Kier molecular flexibility index (Phi) is 5.31. The van der Waals surface area contributed by atoms with E-state index < -0.39 is 10.2 Å². The predicted molar refractivity (Wildman–Crippen MR) is 71.1 cm³/mol. The van der Waals surface area contributed by atoms with E-state index >= 15 is 0 Å². The predicted octanol–water partition coefficient (Wildman–Crippen LogP) is 0.278. The van der Waals surface area contributed by atoms with Gasteiger partial charge in [0.05, 0.1) is 10.9 Å². The van der Waals surface area contributed by atoms with E-state index in [0.29, 0.717) is 0 Å². The van der Waals surface area contributed by atoms with Crippen LogP contribution in [-0.2, 0) is 0 Å². The monoisotopic (exact) mass is 340 g/mol. The highest BCUT2D eigenvalue weighted by Crippen LogP contribution is 2.25. The Hall–Kier alpha value is -1.73. The molecule has 114 valence electrons. The van der Waals surface area contributed by atoms with Crippen LogP contribution in [0.2, 0.25) is 5.02 Å². The molecule has 0 aliphatic carbocycles. The molecule has 7 heteroatoms. The van der Waals surface area contributed by atoms with Crippen molar-refractivity contribution < 1.29 is 33.3 Å². The first-order chi connectivity index (χ1) is 10.3. The summed E-state index contributed by atoms with van der Waals surface area (Å²) in [5.74, 6) is 0.848. The zero-order valence-electron chi connectivity index (χ0n) is 11.1. The van der Waals surface area contributed by atoms with E-state index in [4.69, 9.17) is 34.7 Å². The van der Waals surface area contributed by atoms with Crippen LogP contribution in [0.15, 0.2) is 65.1 Å². The summed E-state index contributed by atoms with van der Waals surface area (Å²) in [4.78, 5) is 0. The highest BCUT2D eigenvalue weighted by Gasteiger charge is 2.13. The summed E-state index contributed by atoms with van der Waals surface area (Å²) < 4.78 is 39.8. The third kappa shape index (κ3) is 5.23. The fraction of sp³-hybridized carbons (Fsp3) is 0. The Morgan fingerprint density at radius 1 is 0.773 bits per heavy atom. The van der Waals surface area contributed by atoms with Gasteiger partial charge in [-0.05, 0) is 36.4 Å². The molecule has 0 atom stereocenters. The average molecular weight is 341 g/mol. The fourth-order valence-electron chi connectivity index (χ4n) is 1.80. The topological polar surface area (TPSA) is 104 Å². The van der Waals surface area contributed by atoms with Gasteiger partial charge in [-0.2, -0.15) is 0 Å². The molecular formula is C15H10Cl2O5. The lowest BCUT2D eigenvalue weighted by Gasteiger charge is -2.17. The fourth-order valence-corrected chi connectivity index (χ4v) is 1.92. The molecule has 0 N–H and O–H groups in total. The highest BCUT2D eigenvalue weighted by molar-refractivity contribution is 6.30. The first-order valence-electron chi connectivity index (χ1n) is 6.02. The molecule has 0 saturated heterocycles. The van der Waals surface area contributed by atoms with Crippen molar-refractivity contribution in [3.8, 4) is 11.3 Å². The summed E-state index contributed by atoms with van der Waals surface area (Å²) >= 11 is 5.86. The van der Waals surface area contributed by atoms with Crippen molar-refractivity contribution in [1.29, 1.82) is 0 Å². The summed E-state index contributed by atoms with van der Waals surface area (Å²) in [6.45, 7) is 0. The van der Waals surface area contributed by atoms with Gasteiger partial charge in [0.2, 0.25) is 0 Å². The van der Waals surface area contributed by atoms with Gasteiger partial charge in [-0.15, -0.1) is 10.2 Å². The number of para-hydroxylation sites is 1. The standard InChI is InChI=1S/C15H10ClO.ClHO4/c16-13-8-5-12(6-9-13)15-10-7-11-3-1-2-4-14(11)17-15;2-1(3,4)5/h1-10H;(H,2,3,4,5)/q+1;/p-1. The molecule has 1 heterocycles. The van der Waals surface area contributed by atoms with E-state index in [1.165, 1.54) is 0 Å². The van der Waals surface area contributed by atoms with Crippen LogP contribution in [0.3, 0.4) is 0 Å². The third-order valence-corrected chi connectivity index (χ3v) is 2.93. The van der Waals surface area contributed by atoms with Crippen molar-refractivity contribution in [2.45, 2.75) is 0 Å². The number of hydrogen-bond donors (Lipinski definition) is 0. The molecule has 22 heavy (non-hydrogen) atoms. The van der Waals surface area contributed by atoms with Crippen molar-refractivity contribution in [3.05, 3.63) is 65.7 Å². The van der Waals surface area contributed by atoms with Crippen molar-refractivity contribution in [2.75, 3.05) is 0 Å². The van der Waals surface area contributed by atoms with E-state index in [9.17, 15) is 0 Å². The Morgan fingerprint density at radius 3 is 2.00 bits per heavy atom. The van der Waals surface area contributed by atoms with Crippen LogP contribution in [0.1, 0.15) is 0 Å². The number of halogens is 2. The lowest BCUT2D eigenvalue weighted by Crippen LogP contribution is -2.68. The summed E-state index contributed by atoms with van der Waals surface area (Å²) in [5, 5.41) is 1.83. The smallest absolute Gasteiger partial charge is 0.222 e. The second-order valence-electron chi connectivity index (χ2n) is 4.22. The van der Waals surface area contributed by atoms with Crippen LogP contribution >= 0.6 is 11.6 Å². The zero-order valence-corrected chi connectivity index (χ0v) is 12.6. The molecule has 0 aliphatic rings. The molecule has 2 aromatic carbocycles. The van der Waals surface area contributed by atoms with E-state index in [0.717, 1.165) is 27.3 Å². The molecular weight excluding hydrogens is 331 g/mol. The van der Waals surface area contributed by atoms with Gasteiger partial charge >= 0.3 is 11.3 Å². The number of benzene rings is 2. The second kappa shape index (κ2) is 7.02. The first-order valence-corrected chi connectivity index (χ1v) is 7.64. The van der Waals surface area contributed by atoms with Crippen LogP contribution in [0.5, 0.6) is 0 Å². The molecule has 1 aromatic heterocycles.